The Labute approximate surface area is 170 Å². The van der Waals surface area contributed by atoms with Crippen LogP contribution in [0.15, 0.2) is 48.5 Å². The fraction of sp³-hybridized carbons (Fsp3) is 0.348. The number of carbonyl (C=O) groups is 3. The molecule has 1 heterocycles. The van der Waals surface area contributed by atoms with Gasteiger partial charge in [-0.2, -0.15) is 0 Å². The van der Waals surface area contributed by atoms with Crippen LogP contribution in [0.2, 0.25) is 0 Å². The number of esters is 1. The topological polar surface area (TPSA) is 72.9 Å². The highest BCUT2D eigenvalue weighted by Gasteiger charge is 2.34. The van der Waals surface area contributed by atoms with E-state index in [4.69, 9.17) is 9.47 Å². The number of rotatable bonds is 7. The first kappa shape index (κ1) is 20.6. The summed E-state index contributed by atoms with van der Waals surface area (Å²) in [5.74, 6) is -0.461. The highest BCUT2D eigenvalue weighted by molar-refractivity contribution is 6.21. The molecule has 0 bridgehead atoms. The van der Waals surface area contributed by atoms with Crippen molar-refractivity contribution < 1.29 is 23.9 Å². The Kier molecular flexibility index (Phi) is 6.01. The summed E-state index contributed by atoms with van der Waals surface area (Å²) in [4.78, 5) is 37.5. The van der Waals surface area contributed by atoms with Gasteiger partial charge in [-0.15, -0.1) is 0 Å². The van der Waals surface area contributed by atoms with Crippen LogP contribution in [0.4, 0.5) is 0 Å². The van der Waals surface area contributed by atoms with Crippen LogP contribution in [0.25, 0.3) is 0 Å². The van der Waals surface area contributed by atoms with Crippen LogP contribution in [0.3, 0.4) is 0 Å². The van der Waals surface area contributed by atoms with Gasteiger partial charge in [0.05, 0.1) is 30.7 Å². The fourth-order valence-corrected chi connectivity index (χ4v) is 3.07. The van der Waals surface area contributed by atoms with Gasteiger partial charge in [0.1, 0.15) is 12.4 Å². The summed E-state index contributed by atoms with van der Waals surface area (Å²) in [6.45, 7) is 6.61. The number of hydrogen-bond donors (Lipinski definition) is 0. The van der Waals surface area contributed by atoms with E-state index < -0.39 is 5.97 Å². The first-order chi connectivity index (χ1) is 13.8. The average molecular weight is 395 g/mol. The van der Waals surface area contributed by atoms with Crippen LogP contribution in [0.1, 0.15) is 53.5 Å². The van der Waals surface area contributed by atoms with E-state index in [9.17, 15) is 14.4 Å². The fourth-order valence-electron chi connectivity index (χ4n) is 3.07. The van der Waals surface area contributed by atoms with Crippen LogP contribution in [0, 0.1) is 0 Å². The number of fused-ring (bicyclic) bond motifs is 1. The molecule has 0 N–H and O–H groups in total. The molecule has 0 atom stereocenters. The standard InChI is InChI=1S/C23H25NO5/c1-23(2,3)16-8-10-17(11-9-16)28-14-12-20(25)29-15-13-24-21(26)18-6-4-5-7-19(18)22(24)27/h4-11H,12-15H2,1-3H3. The molecular formula is C23H25NO5. The molecule has 2 aromatic rings. The van der Waals surface area contributed by atoms with Crippen LogP contribution in [-0.4, -0.2) is 42.4 Å². The molecule has 0 fully saturated rings. The molecule has 0 aliphatic carbocycles. The Hall–Kier alpha value is -3.15. The number of nitrogens with zero attached hydrogens (tertiary/aromatic N) is 1. The van der Waals surface area contributed by atoms with E-state index in [1.807, 2.05) is 24.3 Å². The van der Waals surface area contributed by atoms with Gasteiger partial charge in [-0.25, -0.2) is 0 Å². The molecule has 29 heavy (non-hydrogen) atoms. The van der Waals surface area contributed by atoms with Crippen molar-refractivity contribution in [1.29, 1.82) is 0 Å². The number of benzene rings is 2. The number of imide groups is 1. The largest absolute Gasteiger partial charge is 0.493 e. The molecule has 0 aromatic heterocycles. The zero-order chi connectivity index (χ0) is 21.0. The predicted octanol–water partition coefficient (Wildman–Crippen LogP) is 3.59. The zero-order valence-corrected chi connectivity index (χ0v) is 16.9. The van der Waals surface area contributed by atoms with Crippen molar-refractivity contribution in [3.05, 3.63) is 65.2 Å². The third-order valence-electron chi connectivity index (χ3n) is 4.75. The summed E-state index contributed by atoms with van der Waals surface area (Å²) in [6.07, 6.45) is 0.0864. The van der Waals surface area contributed by atoms with E-state index in [1.165, 1.54) is 5.56 Å². The lowest BCUT2D eigenvalue weighted by Crippen LogP contribution is -2.33. The van der Waals surface area contributed by atoms with Gasteiger partial charge in [-0.3, -0.25) is 19.3 Å². The first-order valence-electron chi connectivity index (χ1n) is 9.61. The lowest BCUT2D eigenvalue weighted by molar-refractivity contribution is -0.144. The van der Waals surface area contributed by atoms with Gasteiger partial charge >= 0.3 is 5.97 Å². The van der Waals surface area contributed by atoms with Gasteiger partial charge < -0.3 is 9.47 Å². The lowest BCUT2D eigenvalue weighted by atomic mass is 9.87. The number of carbonyl (C=O) groups excluding carboxylic acids is 3. The summed E-state index contributed by atoms with van der Waals surface area (Å²) in [6, 6.07) is 14.4. The van der Waals surface area contributed by atoms with Crippen molar-refractivity contribution in [3.8, 4) is 5.75 Å². The van der Waals surface area contributed by atoms with Gasteiger partial charge in [-0.05, 0) is 35.2 Å². The number of hydrogen-bond acceptors (Lipinski definition) is 5. The molecule has 0 saturated carbocycles. The van der Waals surface area contributed by atoms with Crippen molar-refractivity contribution in [3.63, 3.8) is 0 Å². The second-order valence-corrected chi connectivity index (χ2v) is 7.90. The Morgan fingerprint density at radius 1 is 0.897 bits per heavy atom. The predicted molar refractivity (Wildman–Crippen MR) is 108 cm³/mol. The maximum Gasteiger partial charge on any atom is 0.309 e. The number of amides is 2. The van der Waals surface area contributed by atoms with Gasteiger partial charge in [0.25, 0.3) is 11.8 Å². The van der Waals surface area contributed by atoms with E-state index in [0.717, 1.165) is 4.90 Å². The molecule has 1 aliphatic heterocycles. The molecule has 2 aromatic carbocycles. The van der Waals surface area contributed by atoms with E-state index in [1.54, 1.807) is 24.3 Å². The molecule has 6 heteroatoms. The molecule has 0 unspecified atom stereocenters. The highest BCUT2D eigenvalue weighted by atomic mass is 16.5. The average Bonchev–Trinajstić information content (AvgIpc) is 2.93. The number of ether oxygens (including phenoxy) is 2. The van der Waals surface area contributed by atoms with E-state index in [-0.39, 0.29) is 43.4 Å². The van der Waals surface area contributed by atoms with Crippen LogP contribution in [0.5, 0.6) is 5.75 Å². The summed E-state index contributed by atoms with van der Waals surface area (Å²) in [5.41, 5.74) is 2.05. The smallest absolute Gasteiger partial charge is 0.309 e. The third kappa shape index (κ3) is 4.83. The highest BCUT2D eigenvalue weighted by Crippen LogP contribution is 2.24. The van der Waals surface area contributed by atoms with E-state index >= 15 is 0 Å². The minimum Gasteiger partial charge on any atom is -0.493 e. The molecular weight excluding hydrogens is 370 g/mol. The molecule has 3 rings (SSSR count). The van der Waals surface area contributed by atoms with E-state index in [2.05, 4.69) is 20.8 Å². The molecule has 152 valence electrons. The van der Waals surface area contributed by atoms with Crippen molar-refractivity contribution in [2.24, 2.45) is 0 Å². The minimum atomic E-state index is -0.437. The SMILES string of the molecule is CC(C)(C)c1ccc(OCCC(=O)OCCN2C(=O)c3ccccc3C2=O)cc1. The van der Waals surface area contributed by atoms with Crippen molar-refractivity contribution in [2.45, 2.75) is 32.6 Å². The van der Waals surface area contributed by atoms with Gasteiger partial charge in [0, 0.05) is 0 Å². The third-order valence-corrected chi connectivity index (χ3v) is 4.75. The first-order valence-corrected chi connectivity index (χ1v) is 9.61. The second kappa shape index (κ2) is 8.47. The second-order valence-electron chi connectivity index (χ2n) is 7.90. The molecule has 6 nitrogen and oxygen atoms in total. The van der Waals surface area contributed by atoms with Crippen LogP contribution >= 0.6 is 0 Å². The Bertz CT molecular complexity index is 877. The van der Waals surface area contributed by atoms with Crippen LogP contribution in [-0.2, 0) is 14.9 Å². The Morgan fingerprint density at radius 3 is 2.03 bits per heavy atom. The summed E-state index contributed by atoms with van der Waals surface area (Å²) >= 11 is 0. The molecule has 0 saturated heterocycles. The van der Waals surface area contributed by atoms with E-state index in [0.29, 0.717) is 16.9 Å². The summed E-state index contributed by atoms with van der Waals surface area (Å²) in [5, 5.41) is 0. The van der Waals surface area contributed by atoms with Gasteiger partial charge in [0.2, 0.25) is 0 Å². The van der Waals surface area contributed by atoms with Crippen molar-refractivity contribution >= 4 is 17.8 Å². The zero-order valence-electron chi connectivity index (χ0n) is 16.9. The lowest BCUT2D eigenvalue weighted by Gasteiger charge is -2.19. The molecule has 1 aliphatic rings. The van der Waals surface area contributed by atoms with Crippen molar-refractivity contribution in [1.82, 2.24) is 4.90 Å². The Balaban J connectivity index is 1.39. The molecule has 0 spiro atoms. The van der Waals surface area contributed by atoms with Crippen molar-refractivity contribution in [2.75, 3.05) is 19.8 Å². The maximum atomic E-state index is 12.2. The maximum absolute atomic E-state index is 12.2. The Morgan fingerprint density at radius 2 is 1.48 bits per heavy atom. The summed E-state index contributed by atoms with van der Waals surface area (Å²) < 4.78 is 10.7. The molecule has 2 amide bonds. The quantitative estimate of drug-likeness (QED) is 0.529. The summed E-state index contributed by atoms with van der Waals surface area (Å²) in [7, 11) is 0. The minimum absolute atomic E-state index is 0.0349. The monoisotopic (exact) mass is 395 g/mol. The van der Waals surface area contributed by atoms with Crippen LogP contribution < -0.4 is 4.74 Å². The van der Waals surface area contributed by atoms with Gasteiger partial charge in [-0.1, -0.05) is 45.0 Å². The van der Waals surface area contributed by atoms with Gasteiger partial charge in [0.15, 0.2) is 0 Å². The normalized spacial score (nSPS) is 13.4. The molecule has 0 radical (unpaired) electrons.